The van der Waals surface area contributed by atoms with Gasteiger partial charge in [0.1, 0.15) is 39.7 Å². The van der Waals surface area contributed by atoms with Crippen LogP contribution in [0.4, 0.5) is 0 Å². The number of thioether (sulfide) groups is 1. The third-order valence-electron chi connectivity index (χ3n) is 8.66. The van der Waals surface area contributed by atoms with Crippen molar-refractivity contribution in [1.82, 2.24) is 35.4 Å². The molecule has 3 N–H and O–H groups in total. The number of hydrogen-bond acceptors (Lipinski definition) is 10. The van der Waals surface area contributed by atoms with Crippen molar-refractivity contribution in [2.24, 2.45) is 0 Å². The Balaban J connectivity index is 1.28. The molecule has 4 saturated heterocycles. The molecule has 15 nitrogen and oxygen atoms in total. The predicted molar refractivity (Wildman–Crippen MR) is 149 cm³/mol. The first kappa shape index (κ1) is 29.1. The summed E-state index contributed by atoms with van der Waals surface area (Å²) in [7, 11) is -4.05. The summed E-state index contributed by atoms with van der Waals surface area (Å²) in [5.74, 6) is -3.83. The molecule has 0 aliphatic carbocycles. The van der Waals surface area contributed by atoms with Gasteiger partial charge >= 0.3 is 5.97 Å². The van der Waals surface area contributed by atoms with Crippen LogP contribution < -0.4 is 10.6 Å². The third kappa shape index (κ3) is 4.22. The number of carboxylic acid groups (broad SMARTS) is 1. The van der Waals surface area contributed by atoms with Crippen LogP contribution in [0.25, 0.3) is 0 Å². The molecule has 0 bridgehead atoms. The summed E-state index contributed by atoms with van der Waals surface area (Å²) in [5.41, 5.74) is 0.352. The molecular formula is C26H29N7O8S2. The smallest absolute Gasteiger partial charge is 0.327 e. The number of hydrogen-bond donors (Lipinski definition) is 3. The minimum absolute atomic E-state index is 0.255. The van der Waals surface area contributed by atoms with Gasteiger partial charge in [0.2, 0.25) is 23.6 Å². The van der Waals surface area contributed by atoms with E-state index in [1.807, 2.05) is 0 Å². The van der Waals surface area contributed by atoms with E-state index >= 15 is 0 Å². The normalized spacial score (nSPS) is 32.2. The minimum Gasteiger partial charge on any atom is -0.480 e. The number of aromatic nitrogens is 3. The highest BCUT2D eigenvalue weighted by atomic mass is 32.2. The second kappa shape index (κ2) is 9.77. The summed E-state index contributed by atoms with van der Waals surface area (Å²) >= 11 is 1.26. The molecule has 4 aliphatic rings. The fourth-order valence-electron chi connectivity index (χ4n) is 6.50. The minimum atomic E-state index is -4.05. The Labute approximate surface area is 250 Å². The molecule has 0 spiro atoms. The fraction of sp³-hybridized carbons (Fsp3) is 0.500. The van der Waals surface area contributed by atoms with E-state index < -0.39 is 83.8 Å². The number of nitrogens with one attached hydrogen (secondary N) is 2. The van der Waals surface area contributed by atoms with Crippen molar-refractivity contribution in [1.29, 1.82) is 0 Å². The number of carbonyl (C=O) groups is 5. The van der Waals surface area contributed by atoms with E-state index in [0.29, 0.717) is 5.56 Å². The van der Waals surface area contributed by atoms with E-state index in [0.717, 1.165) is 4.90 Å². The topological polar surface area (TPSA) is 201 Å². The largest absolute Gasteiger partial charge is 0.480 e. The summed E-state index contributed by atoms with van der Waals surface area (Å²) in [5, 5.41) is 20.8. The number of benzene rings is 1. The number of sulfone groups is 1. The van der Waals surface area contributed by atoms with Crippen LogP contribution in [-0.4, -0.2) is 106 Å². The van der Waals surface area contributed by atoms with E-state index in [1.165, 1.54) is 40.7 Å². The summed E-state index contributed by atoms with van der Waals surface area (Å²) < 4.78 is 25.9. The lowest BCUT2D eigenvalue weighted by molar-refractivity contribution is -0.161. The van der Waals surface area contributed by atoms with E-state index in [1.54, 1.807) is 44.2 Å². The SMILES string of the molecule is CC1(C)SC2C(NC(=O)C(NC(=O)[C@@H]3N4C(=O)CC4S(=O)(=O)[C@@]3(C)Cn3ccnn3)c3ccccc3)C(=O)N2C1C(=O)O. The fourth-order valence-corrected chi connectivity index (χ4v) is 10.5. The molecule has 2 aromatic rings. The van der Waals surface area contributed by atoms with Gasteiger partial charge in [-0.25, -0.2) is 13.2 Å². The van der Waals surface area contributed by atoms with E-state index in [-0.39, 0.29) is 13.0 Å². The highest BCUT2D eigenvalue weighted by Crippen LogP contribution is 2.51. The Morgan fingerprint density at radius 3 is 2.42 bits per heavy atom. The Morgan fingerprint density at radius 2 is 1.81 bits per heavy atom. The molecule has 4 amide bonds. The van der Waals surface area contributed by atoms with Crippen molar-refractivity contribution >= 4 is 51.2 Å². The molecule has 6 rings (SSSR count). The van der Waals surface area contributed by atoms with Crippen molar-refractivity contribution in [3.05, 3.63) is 48.3 Å². The van der Waals surface area contributed by atoms with Crippen LogP contribution in [-0.2, 0) is 40.4 Å². The Bertz CT molecular complexity index is 1630. The summed E-state index contributed by atoms with van der Waals surface area (Å²) in [4.78, 5) is 67.5. The van der Waals surface area contributed by atoms with Crippen LogP contribution >= 0.6 is 11.8 Å². The quantitative estimate of drug-likeness (QED) is 0.298. The van der Waals surface area contributed by atoms with Gasteiger partial charge in [0, 0.05) is 10.9 Å². The van der Waals surface area contributed by atoms with Gasteiger partial charge in [0.15, 0.2) is 9.84 Å². The van der Waals surface area contributed by atoms with Crippen molar-refractivity contribution < 1.29 is 37.5 Å². The van der Waals surface area contributed by atoms with Crippen molar-refractivity contribution in [3.63, 3.8) is 0 Å². The van der Waals surface area contributed by atoms with Crippen LogP contribution in [0.3, 0.4) is 0 Å². The van der Waals surface area contributed by atoms with Gasteiger partial charge in [0.25, 0.3) is 0 Å². The average Bonchev–Trinajstić information content (AvgIpc) is 3.58. The van der Waals surface area contributed by atoms with Crippen molar-refractivity contribution in [2.45, 2.75) is 78.1 Å². The van der Waals surface area contributed by atoms with Crippen LogP contribution in [0.15, 0.2) is 42.7 Å². The van der Waals surface area contributed by atoms with Crippen molar-refractivity contribution in [3.8, 4) is 0 Å². The number of β-lactam (4-membered cyclic amide) rings is 2. The Morgan fingerprint density at radius 1 is 1.12 bits per heavy atom. The number of amides is 4. The monoisotopic (exact) mass is 631 g/mol. The van der Waals surface area contributed by atoms with Gasteiger partial charge in [-0.3, -0.25) is 23.9 Å². The van der Waals surface area contributed by atoms with E-state index in [9.17, 15) is 37.5 Å². The first-order chi connectivity index (χ1) is 20.2. The maximum atomic E-state index is 14.0. The number of carboxylic acids is 1. The molecule has 4 fully saturated rings. The van der Waals surface area contributed by atoms with Gasteiger partial charge in [-0.15, -0.1) is 16.9 Å². The lowest BCUT2D eigenvalue weighted by Gasteiger charge is -2.44. The molecule has 0 saturated carbocycles. The highest BCUT2D eigenvalue weighted by molar-refractivity contribution is 8.01. The molecule has 5 heterocycles. The Kier molecular flexibility index (Phi) is 6.61. The second-order valence-corrected chi connectivity index (χ2v) is 16.1. The first-order valence-electron chi connectivity index (χ1n) is 13.5. The number of fused-ring (bicyclic) bond motifs is 2. The molecule has 5 unspecified atom stereocenters. The number of carbonyl (C=O) groups excluding carboxylic acids is 4. The van der Waals surface area contributed by atoms with Crippen LogP contribution in [0.1, 0.15) is 38.8 Å². The van der Waals surface area contributed by atoms with Crippen molar-refractivity contribution in [2.75, 3.05) is 0 Å². The lowest BCUT2D eigenvalue weighted by atomic mass is 9.94. The van der Waals surface area contributed by atoms with Crippen LogP contribution in [0.2, 0.25) is 0 Å². The second-order valence-electron chi connectivity index (χ2n) is 11.8. The molecule has 17 heteroatoms. The van der Waals surface area contributed by atoms with E-state index in [4.69, 9.17) is 0 Å². The molecule has 0 radical (unpaired) electrons. The molecule has 7 atom stereocenters. The zero-order chi connectivity index (χ0) is 31.1. The molecule has 1 aromatic carbocycles. The van der Waals surface area contributed by atoms with Gasteiger partial charge in [0.05, 0.1) is 19.2 Å². The van der Waals surface area contributed by atoms with Crippen LogP contribution in [0, 0.1) is 0 Å². The van der Waals surface area contributed by atoms with Gasteiger partial charge in [-0.1, -0.05) is 35.5 Å². The number of rotatable bonds is 8. The number of aliphatic carboxylic acids is 1. The molecule has 228 valence electrons. The van der Waals surface area contributed by atoms with E-state index in [2.05, 4.69) is 20.9 Å². The lowest BCUT2D eigenvalue weighted by Crippen LogP contribution is -2.71. The maximum Gasteiger partial charge on any atom is 0.327 e. The zero-order valence-electron chi connectivity index (χ0n) is 23.3. The van der Waals surface area contributed by atoms with Gasteiger partial charge in [-0.05, 0) is 26.3 Å². The predicted octanol–water partition coefficient (Wildman–Crippen LogP) is -1.12. The Hall–Kier alpha value is -3.99. The molecule has 1 aromatic heterocycles. The summed E-state index contributed by atoms with van der Waals surface area (Å²) in [6, 6.07) is 3.24. The molecular weight excluding hydrogens is 602 g/mol. The number of nitrogens with zero attached hydrogens (tertiary/aromatic N) is 5. The highest BCUT2D eigenvalue weighted by Gasteiger charge is 2.70. The zero-order valence-corrected chi connectivity index (χ0v) is 24.9. The van der Waals surface area contributed by atoms with Gasteiger partial charge < -0.3 is 25.5 Å². The summed E-state index contributed by atoms with van der Waals surface area (Å²) in [6.45, 7) is 4.53. The van der Waals surface area contributed by atoms with Gasteiger partial charge in [-0.2, -0.15) is 0 Å². The molecule has 43 heavy (non-hydrogen) atoms. The average molecular weight is 632 g/mol. The molecule has 4 aliphatic heterocycles. The van der Waals surface area contributed by atoms with Crippen LogP contribution in [0.5, 0.6) is 0 Å². The standard InChI is InChI=1S/C26H29N7O8S2/c1-25(2)19(24(38)39)33-22(37)17(23(33)42-25)29-20(35)16(13-7-5-4-6-8-13)28-21(36)18-26(3,12-31-10-9-27-30-31)43(40,41)15-11-14(34)32(15)18/h4-10,15-19,23H,11-12H2,1-3H3,(H,28,36)(H,29,35)(H,38,39)/t15?,16?,17?,18-,19?,23?,26-/m0/s1. The first-order valence-corrected chi connectivity index (χ1v) is 15.9. The summed E-state index contributed by atoms with van der Waals surface area (Å²) in [6.07, 6.45) is 2.55. The third-order valence-corrected chi connectivity index (χ3v) is 13.0. The maximum absolute atomic E-state index is 14.0.